The van der Waals surface area contributed by atoms with Gasteiger partial charge >= 0.3 is 0 Å². The molecule has 124 valence electrons. The van der Waals surface area contributed by atoms with E-state index in [1.165, 1.54) is 0 Å². The molecule has 0 aliphatic heterocycles. The van der Waals surface area contributed by atoms with Crippen molar-refractivity contribution in [3.05, 3.63) is 77.6 Å². The number of hydrogen-bond acceptors (Lipinski definition) is 5. The SMILES string of the molecule is NC(=O)c1cc(C(c2ccc3[nH]ccc3c2)c2ccco2)nc(N)n1. The van der Waals surface area contributed by atoms with Crippen molar-refractivity contribution in [2.75, 3.05) is 5.73 Å². The van der Waals surface area contributed by atoms with E-state index in [-0.39, 0.29) is 17.6 Å². The van der Waals surface area contributed by atoms with E-state index < -0.39 is 5.91 Å². The standard InChI is InChI=1S/C18H15N5O2/c19-17(24)14-9-13(22-18(20)23-14)16(15-2-1-7-25-15)11-3-4-12-10(8-11)5-6-21-12/h1-9,16,21H,(H2,19,24)(H2,20,22,23). The molecule has 0 saturated heterocycles. The highest BCUT2D eigenvalue weighted by Crippen LogP contribution is 2.33. The van der Waals surface area contributed by atoms with Crippen molar-refractivity contribution in [3.8, 4) is 0 Å². The van der Waals surface area contributed by atoms with Gasteiger partial charge in [-0.05, 0) is 47.3 Å². The highest BCUT2D eigenvalue weighted by Gasteiger charge is 2.23. The van der Waals surface area contributed by atoms with Crippen LogP contribution in [0.2, 0.25) is 0 Å². The lowest BCUT2D eigenvalue weighted by Crippen LogP contribution is -2.17. The molecule has 1 unspecified atom stereocenters. The fourth-order valence-corrected chi connectivity index (χ4v) is 2.95. The summed E-state index contributed by atoms with van der Waals surface area (Å²) in [6.07, 6.45) is 3.47. The summed E-state index contributed by atoms with van der Waals surface area (Å²) >= 11 is 0. The molecule has 3 heterocycles. The average molecular weight is 333 g/mol. The lowest BCUT2D eigenvalue weighted by Gasteiger charge is -2.16. The summed E-state index contributed by atoms with van der Waals surface area (Å²) in [6, 6.07) is 13.2. The molecule has 7 heteroatoms. The average Bonchev–Trinajstić information content (AvgIpc) is 3.25. The van der Waals surface area contributed by atoms with Crippen molar-refractivity contribution in [1.29, 1.82) is 0 Å². The van der Waals surface area contributed by atoms with Gasteiger partial charge in [0.2, 0.25) is 5.95 Å². The third-order valence-corrected chi connectivity index (χ3v) is 4.05. The number of carbonyl (C=O) groups excluding carboxylic acids is 1. The summed E-state index contributed by atoms with van der Waals surface area (Å²) in [6.45, 7) is 0. The molecule has 25 heavy (non-hydrogen) atoms. The Balaban J connectivity index is 1.91. The van der Waals surface area contributed by atoms with Crippen LogP contribution >= 0.6 is 0 Å². The summed E-state index contributed by atoms with van der Waals surface area (Å²) in [5.74, 6) is -0.318. The maximum Gasteiger partial charge on any atom is 0.267 e. The number of fused-ring (bicyclic) bond motifs is 1. The van der Waals surface area contributed by atoms with Crippen molar-refractivity contribution in [3.63, 3.8) is 0 Å². The number of H-pyrrole nitrogens is 1. The summed E-state index contributed by atoms with van der Waals surface area (Å²) in [4.78, 5) is 22.9. The normalized spacial score (nSPS) is 12.3. The first-order valence-electron chi connectivity index (χ1n) is 7.66. The number of furan rings is 1. The third kappa shape index (κ3) is 2.72. The smallest absolute Gasteiger partial charge is 0.267 e. The number of nitrogens with one attached hydrogen (secondary N) is 1. The maximum atomic E-state index is 11.5. The molecule has 1 aromatic carbocycles. The zero-order chi connectivity index (χ0) is 17.4. The van der Waals surface area contributed by atoms with Crippen LogP contribution in [-0.4, -0.2) is 20.9 Å². The molecule has 0 radical (unpaired) electrons. The zero-order valence-corrected chi connectivity index (χ0v) is 13.1. The van der Waals surface area contributed by atoms with Crippen LogP contribution in [-0.2, 0) is 0 Å². The maximum absolute atomic E-state index is 11.5. The van der Waals surface area contributed by atoms with Crippen LogP contribution in [0.4, 0.5) is 5.95 Å². The van der Waals surface area contributed by atoms with Crippen LogP contribution < -0.4 is 11.5 Å². The lowest BCUT2D eigenvalue weighted by atomic mass is 9.91. The van der Waals surface area contributed by atoms with Crippen LogP contribution in [0.5, 0.6) is 0 Å². The summed E-state index contributed by atoms with van der Waals surface area (Å²) in [7, 11) is 0. The largest absolute Gasteiger partial charge is 0.468 e. The molecular formula is C18H15N5O2. The number of primary amides is 1. The molecule has 0 spiro atoms. The molecule has 5 N–H and O–H groups in total. The van der Waals surface area contributed by atoms with Gasteiger partial charge < -0.3 is 20.9 Å². The van der Waals surface area contributed by atoms with Crippen LogP contribution in [0, 0.1) is 0 Å². The number of benzene rings is 1. The molecule has 0 aliphatic carbocycles. The van der Waals surface area contributed by atoms with E-state index in [2.05, 4.69) is 15.0 Å². The number of nitrogen functional groups attached to an aromatic ring is 1. The number of anilines is 1. The molecule has 7 nitrogen and oxygen atoms in total. The highest BCUT2D eigenvalue weighted by molar-refractivity contribution is 5.91. The van der Waals surface area contributed by atoms with E-state index >= 15 is 0 Å². The molecule has 1 atom stereocenters. The van der Waals surface area contributed by atoms with E-state index in [1.54, 1.807) is 18.4 Å². The van der Waals surface area contributed by atoms with Crippen LogP contribution in [0.1, 0.15) is 33.4 Å². The van der Waals surface area contributed by atoms with Gasteiger partial charge in [0.25, 0.3) is 5.91 Å². The Hall–Kier alpha value is -3.61. The molecule has 0 fully saturated rings. The van der Waals surface area contributed by atoms with Crippen LogP contribution in [0.3, 0.4) is 0 Å². The number of hydrogen-bond donors (Lipinski definition) is 3. The first-order valence-corrected chi connectivity index (χ1v) is 7.66. The number of carbonyl (C=O) groups is 1. The van der Waals surface area contributed by atoms with Gasteiger partial charge in [-0.15, -0.1) is 0 Å². The number of amides is 1. The Kier molecular flexibility index (Phi) is 3.46. The second-order valence-corrected chi connectivity index (χ2v) is 5.67. The number of aromatic nitrogens is 3. The quantitative estimate of drug-likeness (QED) is 0.529. The third-order valence-electron chi connectivity index (χ3n) is 4.05. The Morgan fingerprint density at radius 1 is 1.16 bits per heavy atom. The van der Waals surface area contributed by atoms with Crippen molar-refractivity contribution >= 4 is 22.8 Å². The fraction of sp³-hybridized carbons (Fsp3) is 0.0556. The van der Waals surface area contributed by atoms with Crippen LogP contribution in [0.25, 0.3) is 10.9 Å². The second-order valence-electron chi connectivity index (χ2n) is 5.67. The molecule has 0 saturated carbocycles. The number of rotatable bonds is 4. The van der Waals surface area contributed by atoms with E-state index in [1.807, 2.05) is 36.5 Å². The topological polar surface area (TPSA) is 124 Å². The van der Waals surface area contributed by atoms with Gasteiger partial charge in [0, 0.05) is 11.7 Å². The molecular weight excluding hydrogens is 318 g/mol. The van der Waals surface area contributed by atoms with Gasteiger partial charge in [-0.25, -0.2) is 9.97 Å². The predicted molar refractivity (Wildman–Crippen MR) is 92.9 cm³/mol. The second kappa shape index (κ2) is 5.79. The molecule has 3 aromatic heterocycles. The Morgan fingerprint density at radius 2 is 2.04 bits per heavy atom. The Labute approximate surface area is 142 Å². The summed E-state index contributed by atoms with van der Waals surface area (Å²) < 4.78 is 5.61. The molecule has 1 amide bonds. The van der Waals surface area contributed by atoms with Gasteiger partial charge in [-0.1, -0.05) is 6.07 Å². The highest BCUT2D eigenvalue weighted by atomic mass is 16.3. The molecule has 4 rings (SSSR count). The molecule has 0 bridgehead atoms. The minimum Gasteiger partial charge on any atom is -0.468 e. The van der Waals surface area contributed by atoms with Gasteiger partial charge in [0.15, 0.2) is 0 Å². The van der Waals surface area contributed by atoms with Gasteiger partial charge in [0.1, 0.15) is 11.5 Å². The van der Waals surface area contributed by atoms with Crippen molar-refractivity contribution in [2.45, 2.75) is 5.92 Å². The minimum atomic E-state index is -0.658. The predicted octanol–water partition coefficient (Wildman–Crippen LogP) is 2.41. The fourth-order valence-electron chi connectivity index (χ4n) is 2.95. The summed E-state index contributed by atoms with van der Waals surface area (Å²) in [5, 5.41) is 1.06. The van der Waals surface area contributed by atoms with E-state index in [4.69, 9.17) is 15.9 Å². The monoisotopic (exact) mass is 333 g/mol. The first-order chi connectivity index (χ1) is 12.1. The Morgan fingerprint density at radius 3 is 2.80 bits per heavy atom. The van der Waals surface area contributed by atoms with Gasteiger partial charge in [0.05, 0.1) is 17.9 Å². The molecule has 0 aliphatic rings. The summed E-state index contributed by atoms with van der Waals surface area (Å²) in [5.41, 5.74) is 13.7. The van der Waals surface area contributed by atoms with E-state index in [0.29, 0.717) is 11.5 Å². The minimum absolute atomic E-state index is 0.00872. The number of nitrogens with zero attached hydrogens (tertiary/aromatic N) is 2. The van der Waals surface area contributed by atoms with E-state index in [9.17, 15) is 4.79 Å². The molecule has 4 aromatic rings. The number of nitrogens with two attached hydrogens (primary N) is 2. The Bertz CT molecular complexity index is 1050. The van der Waals surface area contributed by atoms with Gasteiger partial charge in [-0.2, -0.15) is 0 Å². The zero-order valence-electron chi connectivity index (χ0n) is 13.1. The van der Waals surface area contributed by atoms with Crippen LogP contribution in [0.15, 0.2) is 59.3 Å². The van der Waals surface area contributed by atoms with Crippen molar-refractivity contribution in [1.82, 2.24) is 15.0 Å². The first kappa shape index (κ1) is 14.9. The van der Waals surface area contributed by atoms with Crippen molar-refractivity contribution in [2.24, 2.45) is 5.73 Å². The van der Waals surface area contributed by atoms with Gasteiger partial charge in [-0.3, -0.25) is 4.79 Å². The van der Waals surface area contributed by atoms with Crippen molar-refractivity contribution < 1.29 is 9.21 Å². The number of aromatic amines is 1. The lowest BCUT2D eigenvalue weighted by molar-refractivity contribution is 0.0995. The van der Waals surface area contributed by atoms with E-state index in [0.717, 1.165) is 16.5 Å².